The Bertz CT molecular complexity index is 183. The third-order valence-electron chi connectivity index (χ3n) is 2.98. The number of ether oxygens (including phenoxy) is 1. The molecule has 1 atom stereocenters. The Labute approximate surface area is 79.8 Å². The molecule has 76 valence electrons. The molecule has 3 heteroatoms. The Morgan fingerprint density at radius 2 is 2.31 bits per heavy atom. The van der Waals surface area contributed by atoms with Crippen LogP contribution in [0.3, 0.4) is 0 Å². The zero-order valence-electron chi connectivity index (χ0n) is 8.72. The maximum absolute atomic E-state index is 11.7. The van der Waals surface area contributed by atoms with Crippen LogP contribution < -0.4 is 5.32 Å². The SMILES string of the molecule is CCOC(=O)C1(C(C)C)CCNC1. The summed E-state index contributed by atoms with van der Waals surface area (Å²) in [5.74, 6) is 0.316. The largest absolute Gasteiger partial charge is 0.466 e. The highest BCUT2D eigenvalue weighted by atomic mass is 16.5. The van der Waals surface area contributed by atoms with Gasteiger partial charge in [0.05, 0.1) is 12.0 Å². The van der Waals surface area contributed by atoms with Gasteiger partial charge in [-0.15, -0.1) is 0 Å². The first-order chi connectivity index (χ1) is 6.13. The van der Waals surface area contributed by atoms with Gasteiger partial charge in [-0.25, -0.2) is 0 Å². The average molecular weight is 185 g/mol. The first-order valence-corrected chi connectivity index (χ1v) is 5.01. The lowest BCUT2D eigenvalue weighted by Gasteiger charge is -2.29. The van der Waals surface area contributed by atoms with E-state index in [2.05, 4.69) is 19.2 Å². The van der Waals surface area contributed by atoms with Crippen LogP contribution in [-0.2, 0) is 9.53 Å². The third kappa shape index (κ3) is 1.85. The number of hydrogen-bond acceptors (Lipinski definition) is 3. The highest BCUT2D eigenvalue weighted by Crippen LogP contribution is 2.35. The van der Waals surface area contributed by atoms with E-state index in [-0.39, 0.29) is 11.4 Å². The quantitative estimate of drug-likeness (QED) is 0.671. The van der Waals surface area contributed by atoms with Gasteiger partial charge in [-0.05, 0) is 25.8 Å². The first-order valence-electron chi connectivity index (χ1n) is 5.01. The fourth-order valence-electron chi connectivity index (χ4n) is 1.89. The summed E-state index contributed by atoms with van der Waals surface area (Å²) in [4.78, 5) is 11.7. The molecule has 0 aromatic carbocycles. The zero-order valence-corrected chi connectivity index (χ0v) is 8.72. The molecule has 1 saturated heterocycles. The molecule has 3 nitrogen and oxygen atoms in total. The molecule has 1 N–H and O–H groups in total. The average Bonchev–Trinajstić information content (AvgIpc) is 2.53. The highest BCUT2D eigenvalue weighted by molar-refractivity contribution is 5.78. The summed E-state index contributed by atoms with van der Waals surface area (Å²) in [5, 5.41) is 3.23. The van der Waals surface area contributed by atoms with E-state index in [1.807, 2.05) is 6.92 Å². The summed E-state index contributed by atoms with van der Waals surface area (Å²) in [6.45, 7) is 8.20. The summed E-state index contributed by atoms with van der Waals surface area (Å²) in [6, 6.07) is 0. The van der Waals surface area contributed by atoms with Crippen LogP contribution in [0, 0.1) is 11.3 Å². The molecule has 0 radical (unpaired) electrons. The van der Waals surface area contributed by atoms with Gasteiger partial charge in [0.2, 0.25) is 0 Å². The maximum Gasteiger partial charge on any atom is 0.313 e. The lowest BCUT2D eigenvalue weighted by Crippen LogP contribution is -2.39. The van der Waals surface area contributed by atoms with E-state index in [0.29, 0.717) is 12.5 Å². The molecule has 1 unspecified atom stereocenters. The van der Waals surface area contributed by atoms with Gasteiger partial charge >= 0.3 is 5.97 Å². The summed E-state index contributed by atoms with van der Waals surface area (Å²) < 4.78 is 5.11. The minimum atomic E-state index is -0.268. The smallest absolute Gasteiger partial charge is 0.313 e. The van der Waals surface area contributed by atoms with Crippen LogP contribution in [0.2, 0.25) is 0 Å². The predicted molar refractivity (Wildman–Crippen MR) is 51.4 cm³/mol. The van der Waals surface area contributed by atoms with Crippen molar-refractivity contribution < 1.29 is 9.53 Å². The molecule has 0 aromatic heterocycles. The number of carbonyl (C=O) groups excluding carboxylic acids is 1. The fourth-order valence-corrected chi connectivity index (χ4v) is 1.89. The van der Waals surface area contributed by atoms with Crippen LogP contribution in [0.25, 0.3) is 0 Å². The molecule has 0 amide bonds. The predicted octanol–water partition coefficient (Wildman–Crippen LogP) is 1.19. The molecule has 1 heterocycles. The summed E-state index contributed by atoms with van der Waals surface area (Å²) in [6.07, 6.45) is 0.906. The lowest BCUT2D eigenvalue weighted by atomic mass is 9.76. The summed E-state index contributed by atoms with van der Waals surface area (Å²) >= 11 is 0. The Kier molecular flexibility index (Phi) is 3.31. The van der Waals surface area contributed by atoms with Crippen molar-refractivity contribution in [2.45, 2.75) is 27.2 Å². The van der Waals surface area contributed by atoms with Crippen LogP contribution in [-0.4, -0.2) is 25.7 Å². The van der Waals surface area contributed by atoms with Crippen molar-refractivity contribution in [1.82, 2.24) is 5.32 Å². The van der Waals surface area contributed by atoms with Crippen molar-refractivity contribution in [2.24, 2.45) is 11.3 Å². The Balaban J connectivity index is 2.72. The summed E-state index contributed by atoms with van der Waals surface area (Å²) in [5.41, 5.74) is -0.268. The molecular weight excluding hydrogens is 166 g/mol. The monoisotopic (exact) mass is 185 g/mol. The van der Waals surface area contributed by atoms with Gasteiger partial charge in [0.15, 0.2) is 0 Å². The van der Waals surface area contributed by atoms with Crippen molar-refractivity contribution in [2.75, 3.05) is 19.7 Å². The van der Waals surface area contributed by atoms with Gasteiger partial charge in [0.25, 0.3) is 0 Å². The van der Waals surface area contributed by atoms with Crippen LogP contribution in [0.15, 0.2) is 0 Å². The van der Waals surface area contributed by atoms with Crippen molar-refractivity contribution in [3.63, 3.8) is 0 Å². The summed E-state index contributed by atoms with van der Waals surface area (Å²) in [7, 11) is 0. The number of nitrogens with one attached hydrogen (secondary N) is 1. The van der Waals surface area contributed by atoms with Gasteiger partial charge < -0.3 is 10.1 Å². The molecule has 0 aliphatic carbocycles. The molecule has 13 heavy (non-hydrogen) atoms. The van der Waals surface area contributed by atoms with Gasteiger partial charge in [-0.1, -0.05) is 13.8 Å². The molecule has 0 saturated carbocycles. The van der Waals surface area contributed by atoms with Crippen LogP contribution >= 0.6 is 0 Å². The molecule has 1 fully saturated rings. The molecule has 0 bridgehead atoms. The Morgan fingerprint density at radius 3 is 2.69 bits per heavy atom. The van der Waals surface area contributed by atoms with E-state index < -0.39 is 0 Å². The van der Waals surface area contributed by atoms with Gasteiger partial charge in [-0.2, -0.15) is 0 Å². The zero-order chi connectivity index (χ0) is 9.90. The van der Waals surface area contributed by atoms with E-state index in [0.717, 1.165) is 19.5 Å². The molecular formula is C10H19NO2. The maximum atomic E-state index is 11.7. The minimum absolute atomic E-state index is 0.0324. The first kappa shape index (κ1) is 10.5. The molecule has 1 rings (SSSR count). The number of hydrogen-bond donors (Lipinski definition) is 1. The number of esters is 1. The van der Waals surface area contributed by atoms with E-state index in [9.17, 15) is 4.79 Å². The van der Waals surface area contributed by atoms with Crippen molar-refractivity contribution in [3.05, 3.63) is 0 Å². The molecule has 0 spiro atoms. The standard InChI is InChI=1S/C10H19NO2/c1-4-13-9(12)10(8(2)3)5-6-11-7-10/h8,11H,4-7H2,1-3H3. The van der Waals surface area contributed by atoms with Crippen molar-refractivity contribution in [3.8, 4) is 0 Å². The van der Waals surface area contributed by atoms with Crippen LogP contribution in [0.1, 0.15) is 27.2 Å². The molecule has 1 aliphatic heterocycles. The topological polar surface area (TPSA) is 38.3 Å². The molecule has 0 aromatic rings. The van der Waals surface area contributed by atoms with E-state index in [4.69, 9.17) is 4.74 Å². The second-order valence-electron chi connectivity index (χ2n) is 3.96. The van der Waals surface area contributed by atoms with Gasteiger partial charge in [0, 0.05) is 6.54 Å². The van der Waals surface area contributed by atoms with Crippen molar-refractivity contribution >= 4 is 5.97 Å². The van der Waals surface area contributed by atoms with E-state index in [1.54, 1.807) is 0 Å². The van der Waals surface area contributed by atoms with Crippen LogP contribution in [0.5, 0.6) is 0 Å². The fraction of sp³-hybridized carbons (Fsp3) is 0.900. The Morgan fingerprint density at radius 1 is 1.62 bits per heavy atom. The highest BCUT2D eigenvalue weighted by Gasteiger charge is 2.45. The van der Waals surface area contributed by atoms with Gasteiger partial charge in [0.1, 0.15) is 0 Å². The van der Waals surface area contributed by atoms with Crippen LogP contribution in [0.4, 0.5) is 0 Å². The normalized spacial score (nSPS) is 28.0. The number of carbonyl (C=O) groups is 1. The molecule has 1 aliphatic rings. The second kappa shape index (κ2) is 4.09. The van der Waals surface area contributed by atoms with E-state index in [1.165, 1.54) is 0 Å². The third-order valence-corrected chi connectivity index (χ3v) is 2.98. The Hall–Kier alpha value is -0.570. The lowest BCUT2D eigenvalue weighted by molar-refractivity contribution is -0.157. The van der Waals surface area contributed by atoms with Crippen molar-refractivity contribution in [1.29, 1.82) is 0 Å². The minimum Gasteiger partial charge on any atom is -0.466 e. The second-order valence-corrected chi connectivity index (χ2v) is 3.96. The van der Waals surface area contributed by atoms with E-state index >= 15 is 0 Å². The van der Waals surface area contributed by atoms with Gasteiger partial charge in [-0.3, -0.25) is 4.79 Å². The number of rotatable bonds is 3.